The first-order valence-corrected chi connectivity index (χ1v) is 5.35. The molecule has 0 bridgehead atoms. The van der Waals surface area contributed by atoms with Crippen molar-refractivity contribution < 1.29 is 14.6 Å². The highest BCUT2D eigenvalue weighted by atomic mass is 16.5. The minimum absolute atomic E-state index is 0.305. The molecule has 1 unspecified atom stereocenters. The molecule has 1 atom stereocenters. The van der Waals surface area contributed by atoms with Crippen LogP contribution in [-0.4, -0.2) is 24.7 Å². The molecule has 1 aromatic carbocycles. The molecular weight excluding hydrogens is 206 g/mol. The summed E-state index contributed by atoms with van der Waals surface area (Å²) in [5.74, 6) is -0.248. The molecule has 0 fully saturated rings. The van der Waals surface area contributed by atoms with Gasteiger partial charge in [0.05, 0.1) is 18.7 Å². The summed E-state index contributed by atoms with van der Waals surface area (Å²) in [5.41, 5.74) is 1.96. The van der Waals surface area contributed by atoms with E-state index in [1.165, 1.54) is 0 Å². The lowest BCUT2D eigenvalue weighted by molar-refractivity contribution is -0.141. The van der Waals surface area contributed by atoms with E-state index in [4.69, 9.17) is 9.84 Å². The Bertz CT molecular complexity index is 403. The number of methoxy groups -OCH3 is 1. The molecule has 2 rings (SSSR count). The summed E-state index contributed by atoms with van der Waals surface area (Å²) >= 11 is 0. The first-order chi connectivity index (χ1) is 7.72. The third-order valence-corrected chi connectivity index (χ3v) is 2.94. The number of rotatable bonds is 2. The Morgan fingerprint density at radius 2 is 2.38 bits per heavy atom. The van der Waals surface area contributed by atoms with Crippen LogP contribution in [0.15, 0.2) is 18.2 Å². The maximum absolute atomic E-state index is 11.0. The molecular formula is C12H15NO3. The van der Waals surface area contributed by atoms with Crippen molar-refractivity contribution in [2.45, 2.75) is 12.8 Å². The Kier molecular flexibility index (Phi) is 2.99. The zero-order valence-corrected chi connectivity index (χ0v) is 9.19. The van der Waals surface area contributed by atoms with Crippen LogP contribution in [0.1, 0.15) is 12.0 Å². The van der Waals surface area contributed by atoms with Crippen molar-refractivity contribution in [3.63, 3.8) is 0 Å². The fourth-order valence-electron chi connectivity index (χ4n) is 2.07. The van der Waals surface area contributed by atoms with Crippen molar-refractivity contribution >= 4 is 11.7 Å². The molecule has 0 radical (unpaired) electrons. The average Bonchev–Trinajstić information content (AvgIpc) is 2.50. The van der Waals surface area contributed by atoms with E-state index in [0.717, 1.165) is 17.0 Å². The molecule has 4 heteroatoms. The lowest BCUT2D eigenvalue weighted by atomic mass is 9.97. The van der Waals surface area contributed by atoms with Gasteiger partial charge in [-0.15, -0.1) is 0 Å². The van der Waals surface area contributed by atoms with Gasteiger partial charge in [0.25, 0.3) is 0 Å². The average molecular weight is 221 g/mol. The van der Waals surface area contributed by atoms with E-state index in [9.17, 15) is 4.79 Å². The Balaban J connectivity index is 2.34. The fraction of sp³-hybridized carbons (Fsp3) is 0.417. The van der Waals surface area contributed by atoms with Crippen LogP contribution in [0.5, 0.6) is 5.75 Å². The van der Waals surface area contributed by atoms with Gasteiger partial charge in [0.2, 0.25) is 0 Å². The van der Waals surface area contributed by atoms with Gasteiger partial charge in [-0.3, -0.25) is 4.79 Å². The zero-order valence-electron chi connectivity index (χ0n) is 9.19. The van der Waals surface area contributed by atoms with Crippen LogP contribution < -0.4 is 10.1 Å². The van der Waals surface area contributed by atoms with Crippen molar-refractivity contribution in [3.05, 3.63) is 23.8 Å². The van der Waals surface area contributed by atoms with Gasteiger partial charge in [0, 0.05) is 6.54 Å². The molecule has 0 saturated carbocycles. The van der Waals surface area contributed by atoms with E-state index in [1.807, 2.05) is 18.2 Å². The fourth-order valence-corrected chi connectivity index (χ4v) is 2.07. The summed E-state index contributed by atoms with van der Waals surface area (Å²) in [6.07, 6.45) is 1.21. The number of hydrogen-bond acceptors (Lipinski definition) is 3. The number of carboxylic acids is 1. The van der Waals surface area contributed by atoms with E-state index < -0.39 is 5.97 Å². The van der Waals surface area contributed by atoms with E-state index >= 15 is 0 Å². The molecule has 0 aromatic heterocycles. The van der Waals surface area contributed by atoms with Crippen LogP contribution in [0.3, 0.4) is 0 Å². The molecule has 0 amide bonds. The molecule has 86 valence electrons. The van der Waals surface area contributed by atoms with Gasteiger partial charge in [-0.2, -0.15) is 0 Å². The highest BCUT2D eigenvalue weighted by Crippen LogP contribution is 2.32. The maximum Gasteiger partial charge on any atom is 0.306 e. The van der Waals surface area contributed by atoms with Crippen molar-refractivity contribution in [3.8, 4) is 5.75 Å². The number of fused-ring (bicyclic) bond motifs is 1. The molecule has 1 aromatic rings. The Labute approximate surface area is 94.2 Å². The minimum Gasteiger partial charge on any atom is -0.495 e. The van der Waals surface area contributed by atoms with Gasteiger partial charge >= 0.3 is 5.97 Å². The van der Waals surface area contributed by atoms with Crippen molar-refractivity contribution in [2.75, 3.05) is 19.0 Å². The Morgan fingerprint density at radius 3 is 3.06 bits per heavy atom. The number of carboxylic acid groups (broad SMARTS) is 1. The molecule has 1 heterocycles. The normalized spacial score (nSPS) is 19.2. The predicted molar refractivity (Wildman–Crippen MR) is 60.9 cm³/mol. The Hall–Kier alpha value is -1.71. The van der Waals surface area contributed by atoms with E-state index in [0.29, 0.717) is 19.4 Å². The molecule has 0 saturated heterocycles. The summed E-state index contributed by atoms with van der Waals surface area (Å²) in [6, 6.07) is 5.72. The quantitative estimate of drug-likeness (QED) is 0.798. The lowest BCUT2D eigenvalue weighted by Crippen LogP contribution is -2.16. The summed E-state index contributed by atoms with van der Waals surface area (Å²) in [5, 5.41) is 12.3. The first-order valence-electron chi connectivity index (χ1n) is 5.35. The smallest absolute Gasteiger partial charge is 0.306 e. The number of carbonyl (C=O) groups is 1. The van der Waals surface area contributed by atoms with Crippen molar-refractivity contribution in [1.29, 1.82) is 0 Å². The van der Waals surface area contributed by atoms with Gasteiger partial charge in [0.15, 0.2) is 0 Å². The highest BCUT2D eigenvalue weighted by Gasteiger charge is 2.23. The van der Waals surface area contributed by atoms with E-state index in [-0.39, 0.29) is 5.92 Å². The summed E-state index contributed by atoms with van der Waals surface area (Å²) in [6.45, 7) is 0.671. The van der Waals surface area contributed by atoms with E-state index in [1.54, 1.807) is 7.11 Å². The Morgan fingerprint density at radius 1 is 1.56 bits per heavy atom. The monoisotopic (exact) mass is 221 g/mol. The number of ether oxygens (including phenoxy) is 1. The SMILES string of the molecule is COc1cccc2c1NCCC(C(=O)O)C2. The summed E-state index contributed by atoms with van der Waals surface area (Å²) < 4.78 is 5.25. The first kappa shape index (κ1) is 10.8. The number of benzene rings is 1. The van der Waals surface area contributed by atoms with Crippen molar-refractivity contribution in [1.82, 2.24) is 0 Å². The van der Waals surface area contributed by atoms with Gasteiger partial charge in [-0.05, 0) is 24.5 Å². The number of hydrogen-bond donors (Lipinski definition) is 2. The predicted octanol–water partition coefficient (Wildman–Crippen LogP) is 1.75. The zero-order chi connectivity index (χ0) is 11.5. The van der Waals surface area contributed by atoms with Crippen LogP contribution >= 0.6 is 0 Å². The second kappa shape index (κ2) is 4.43. The second-order valence-corrected chi connectivity index (χ2v) is 3.95. The minimum atomic E-state index is -0.725. The molecule has 0 spiro atoms. The van der Waals surface area contributed by atoms with Crippen molar-refractivity contribution in [2.24, 2.45) is 5.92 Å². The molecule has 1 aliphatic heterocycles. The third kappa shape index (κ3) is 1.96. The summed E-state index contributed by atoms with van der Waals surface area (Å²) in [7, 11) is 1.62. The molecule has 0 aliphatic carbocycles. The topological polar surface area (TPSA) is 58.6 Å². The second-order valence-electron chi connectivity index (χ2n) is 3.95. The highest BCUT2D eigenvalue weighted by molar-refractivity contribution is 5.72. The number of nitrogens with one attached hydrogen (secondary N) is 1. The number of aliphatic carboxylic acids is 1. The van der Waals surface area contributed by atoms with Gasteiger partial charge < -0.3 is 15.2 Å². The molecule has 16 heavy (non-hydrogen) atoms. The maximum atomic E-state index is 11.0. The molecule has 2 N–H and O–H groups in total. The van der Waals surface area contributed by atoms with Gasteiger partial charge in [0.1, 0.15) is 5.75 Å². The van der Waals surface area contributed by atoms with Crippen LogP contribution in [0, 0.1) is 5.92 Å². The molecule has 4 nitrogen and oxygen atoms in total. The van der Waals surface area contributed by atoms with Crippen LogP contribution in [-0.2, 0) is 11.2 Å². The summed E-state index contributed by atoms with van der Waals surface area (Å²) in [4.78, 5) is 11.0. The lowest BCUT2D eigenvalue weighted by Gasteiger charge is -2.12. The number of para-hydroxylation sites is 1. The van der Waals surface area contributed by atoms with Gasteiger partial charge in [-0.1, -0.05) is 12.1 Å². The van der Waals surface area contributed by atoms with E-state index in [2.05, 4.69) is 5.32 Å². The van der Waals surface area contributed by atoms with Crippen LogP contribution in [0.25, 0.3) is 0 Å². The standard InChI is InChI=1S/C12H15NO3/c1-16-10-4-2-3-8-7-9(12(14)15)5-6-13-11(8)10/h2-4,9,13H,5-7H2,1H3,(H,14,15). The van der Waals surface area contributed by atoms with Crippen LogP contribution in [0.4, 0.5) is 5.69 Å². The third-order valence-electron chi connectivity index (χ3n) is 2.94. The van der Waals surface area contributed by atoms with Crippen LogP contribution in [0.2, 0.25) is 0 Å². The number of anilines is 1. The molecule has 1 aliphatic rings. The largest absolute Gasteiger partial charge is 0.495 e. The van der Waals surface area contributed by atoms with Gasteiger partial charge in [-0.25, -0.2) is 0 Å².